The molecule has 16 heteroatoms. The molecule has 0 aliphatic carbocycles. The van der Waals surface area contributed by atoms with Crippen LogP contribution in [0.2, 0.25) is 0 Å². The topological polar surface area (TPSA) is 149 Å². The van der Waals surface area contributed by atoms with Crippen LogP contribution in [0.3, 0.4) is 0 Å². The van der Waals surface area contributed by atoms with Crippen molar-refractivity contribution in [3.05, 3.63) is 104 Å². The first-order chi connectivity index (χ1) is 23.3. The summed E-state index contributed by atoms with van der Waals surface area (Å²) in [7, 11) is 1.50. The van der Waals surface area contributed by atoms with E-state index in [0.717, 1.165) is 15.5 Å². The van der Waals surface area contributed by atoms with E-state index >= 15 is 4.39 Å². The Kier molecular flexibility index (Phi) is 8.66. The highest BCUT2D eigenvalue weighted by Gasteiger charge is 2.45. The van der Waals surface area contributed by atoms with Crippen molar-refractivity contribution in [1.82, 2.24) is 24.4 Å². The molecule has 1 amide bonds. The Labute approximate surface area is 274 Å². The predicted octanol–water partition coefficient (Wildman–Crippen LogP) is 3.27. The average Bonchev–Trinajstić information content (AvgIpc) is 3.07. The van der Waals surface area contributed by atoms with E-state index in [-0.39, 0.29) is 47.4 Å². The van der Waals surface area contributed by atoms with E-state index in [9.17, 15) is 37.5 Å². The summed E-state index contributed by atoms with van der Waals surface area (Å²) >= 11 is 0. The molecule has 0 spiro atoms. The Hall–Kier alpha value is -5.64. The molecule has 2 N–H and O–H groups in total. The summed E-state index contributed by atoms with van der Waals surface area (Å²) in [4.78, 5) is 61.8. The van der Waals surface area contributed by atoms with Crippen LogP contribution in [0.15, 0.2) is 70.6 Å². The van der Waals surface area contributed by atoms with Crippen molar-refractivity contribution in [1.29, 1.82) is 0 Å². The number of aryl methyl sites for hydroxylation is 2. The van der Waals surface area contributed by atoms with Crippen LogP contribution in [0.1, 0.15) is 21.5 Å². The highest BCUT2D eigenvalue weighted by molar-refractivity contribution is 5.99. The molecule has 0 radical (unpaired) electrons. The van der Waals surface area contributed by atoms with E-state index in [1.54, 1.807) is 12.1 Å². The molecule has 2 aromatic carbocycles. The molecule has 5 aromatic rings. The van der Waals surface area contributed by atoms with Gasteiger partial charge in [-0.3, -0.25) is 24.1 Å². The second-order valence-electron chi connectivity index (χ2n) is 11.5. The number of morpholine rings is 1. The van der Waals surface area contributed by atoms with E-state index in [1.807, 2.05) is 0 Å². The molecule has 1 unspecified atom stereocenters. The molecule has 1 fully saturated rings. The number of rotatable bonds is 7. The summed E-state index contributed by atoms with van der Waals surface area (Å²) in [6.07, 6.45) is -0.716. The van der Waals surface area contributed by atoms with Gasteiger partial charge in [-0.15, -0.1) is 0 Å². The van der Waals surface area contributed by atoms with Gasteiger partial charge in [0.15, 0.2) is 0 Å². The summed E-state index contributed by atoms with van der Waals surface area (Å²) in [5, 5.41) is 12.9. The number of aromatic nitrogens is 4. The van der Waals surface area contributed by atoms with Gasteiger partial charge in [0.25, 0.3) is 11.5 Å². The maximum absolute atomic E-state index is 15.4. The molecule has 49 heavy (non-hydrogen) atoms. The van der Waals surface area contributed by atoms with Crippen molar-refractivity contribution in [2.45, 2.75) is 31.6 Å². The van der Waals surface area contributed by atoms with Crippen LogP contribution in [0.5, 0.6) is 0 Å². The molecule has 12 nitrogen and oxygen atoms in total. The van der Waals surface area contributed by atoms with Gasteiger partial charge in [-0.05, 0) is 48.4 Å². The third-order valence-electron chi connectivity index (χ3n) is 8.52. The Balaban J connectivity index is 1.32. The van der Waals surface area contributed by atoms with E-state index in [2.05, 4.69) is 15.3 Å². The van der Waals surface area contributed by atoms with Crippen molar-refractivity contribution >= 4 is 39.4 Å². The molecule has 2 atom stereocenters. The molecule has 1 aliphatic heterocycles. The molecule has 0 bridgehead atoms. The summed E-state index contributed by atoms with van der Waals surface area (Å²) in [6.45, 7) is 0.547. The highest BCUT2D eigenvalue weighted by Crippen LogP contribution is 2.33. The van der Waals surface area contributed by atoms with Crippen LogP contribution in [-0.4, -0.2) is 74.1 Å². The van der Waals surface area contributed by atoms with Crippen molar-refractivity contribution in [3.8, 4) is 5.69 Å². The van der Waals surface area contributed by atoms with Gasteiger partial charge in [0.1, 0.15) is 17.9 Å². The number of hydrogen-bond donors (Lipinski definition) is 2. The molecule has 0 saturated carbocycles. The fraction of sp³-hybridized carbons (Fsp3) is 0.273. The molecular formula is C33H28F4N6O6. The fourth-order valence-electron chi connectivity index (χ4n) is 6.11. The highest BCUT2D eigenvalue weighted by atomic mass is 19.4. The Morgan fingerprint density at radius 3 is 2.61 bits per heavy atom. The van der Waals surface area contributed by atoms with Crippen LogP contribution in [-0.2, 0) is 23.0 Å². The second-order valence-corrected chi connectivity index (χ2v) is 11.5. The number of aliphatic carboxylic acids is 1. The number of hydrogen-bond acceptors (Lipinski definition) is 8. The maximum atomic E-state index is 15.4. The number of halogens is 4. The molecule has 4 heterocycles. The third kappa shape index (κ3) is 6.10. The van der Waals surface area contributed by atoms with Gasteiger partial charge in [0, 0.05) is 49.7 Å². The van der Waals surface area contributed by atoms with Crippen molar-refractivity contribution in [2.75, 3.05) is 24.7 Å². The van der Waals surface area contributed by atoms with Gasteiger partial charge < -0.3 is 20.1 Å². The largest absolute Gasteiger partial charge is 0.480 e. The number of carbonyl (C=O) groups excluding carboxylic acids is 1. The normalized spacial score (nSPS) is 15.8. The molecule has 254 valence electrons. The summed E-state index contributed by atoms with van der Waals surface area (Å²) in [5.74, 6) is -3.65. The SMILES string of the molecule is Cc1cc(N2CCOC[C@@H]2C(F)(F)F)cc(F)c1C(=O)NC(Cc1ccc(-n2c(=O)c3cnccc3n(C)c2=O)c2ncccc12)C(=O)O. The van der Waals surface area contributed by atoms with Crippen molar-refractivity contribution in [3.63, 3.8) is 0 Å². The number of ether oxygens (including phenoxy) is 1. The lowest BCUT2D eigenvalue weighted by Crippen LogP contribution is -2.53. The van der Waals surface area contributed by atoms with Gasteiger partial charge in [0.2, 0.25) is 0 Å². The number of anilines is 1. The summed E-state index contributed by atoms with van der Waals surface area (Å²) in [5.41, 5.74) is -0.795. The van der Waals surface area contributed by atoms with E-state index in [1.165, 1.54) is 61.4 Å². The number of nitrogens with one attached hydrogen (secondary N) is 1. The van der Waals surface area contributed by atoms with Gasteiger partial charge in [-0.1, -0.05) is 12.1 Å². The Bertz CT molecular complexity index is 2230. The molecule has 1 saturated heterocycles. The van der Waals surface area contributed by atoms with Gasteiger partial charge >= 0.3 is 17.8 Å². The monoisotopic (exact) mass is 680 g/mol. The first-order valence-corrected chi connectivity index (χ1v) is 15.0. The maximum Gasteiger partial charge on any atom is 0.411 e. The third-order valence-corrected chi connectivity index (χ3v) is 8.52. The smallest absolute Gasteiger partial charge is 0.411 e. The Morgan fingerprint density at radius 1 is 1.12 bits per heavy atom. The first-order valence-electron chi connectivity index (χ1n) is 15.0. The lowest BCUT2D eigenvalue weighted by Gasteiger charge is -2.38. The molecule has 1 aliphatic rings. The minimum Gasteiger partial charge on any atom is -0.480 e. The number of fused-ring (bicyclic) bond motifs is 2. The zero-order valence-electron chi connectivity index (χ0n) is 26.0. The van der Waals surface area contributed by atoms with Crippen molar-refractivity contribution < 1.29 is 37.0 Å². The number of carboxylic acid groups (broad SMARTS) is 1. The summed E-state index contributed by atoms with van der Waals surface area (Å²) in [6, 6.07) is 6.13. The number of amides is 1. The number of benzene rings is 2. The number of carboxylic acids is 1. The molecule has 3 aromatic heterocycles. The predicted molar refractivity (Wildman–Crippen MR) is 170 cm³/mol. The zero-order chi connectivity index (χ0) is 35.2. The van der Waals surface area contributed by atoms with Crippen LogP contribution < -0.4 is 21.5 Å². The lowest BCUT2D eigenvalue weighted by atomic mass is 9.99. The first kappa shape index (κ1) is 33.3. The van der Waals surface area contributed by atoms with E-state index < -0.39 is 59.4 Å². The zero-order valence-corrected chi connectivity index (χ0v) is 26.0. The Morgan fingerprint density at radius 2 is 1.90 bits per heavy atom. The number of nitrogens with zero attached hydrogens (tertiary/aromatic N) is 5. The van der Waals surface area contributed by atoms with E-state index in [0.29, 0.717) is 16.5 Å². The molecule has 6 rings (SSSR count). The van der Waals surface area contributed by atoms with Gasteiger partial charge in [-0.2, -0.15) is 13.2 Å². The van der Waals surface area contributed by atoms with Crippen LogP contribution in [0, 0.1) is 12.7 Å². The average molecular weight is 681 g/mol. The van der Waals surface area contributed by atoms with Gasteiger partial charge in [-0.25, -0.2) is 18.5 Å². The van der Waals surface area contributed by atoms with Crippen LogP contribution in [0.4, 0.5) is 23.2 Å². The number of carbonyl (C=O) groups is 2. The second kappa shape index (κ2) is 12.8. The molecular weight excluding hydrogens is 652 g/mol. The van der Waals surface area contributed by atoms with Crippen LogP contribution in [0.25, 0.3) is 27.5 Å². The lowest BCUT2D eigenvalue weighted by molar-refractivity contribution is -0.167. The van der Waals surface area contributed by atoms with Gasteiger partial charge in [0.05, 0.1) is 40.9 Å². The quantitative estimate of drug-likeness (QED) is 0.247. The minimum absolute atomic E-state index is 0.000616. The standard InChI is InChI=1S/C33H28F4N6O6/c1-17-12-19(42-10-11-49-16-26(42)33(35,36)37)14-22(34)27(17)29(44)40-23(31(46)47)13-18-5-6-25(28-20(18)4-3-8-39-28)43-30(45)21-15-38-9-7-24(21)41(2)32(43)48/h3-9,12,14-15,23,26H,10-11,13,16H2,1-2H3,(H,40,44)(H,46,47)/t23?,26-/m1/s1. The number of alkyl halides is 3. The van der Waals surface area contributed by atoms with E-state index in [4.69, 9.17) is 4.74 Å². The minimum atomic E-state index is -4.65. The number of pyridine rings is 2. The van der Waals surface area contributed by atoms with Crippen molar-refractivity contribution in [2.24, 2.45) is 7.05 Å². The fourth-order valence-corrected chi connectivity index (χ4v) is 6.11. The van der Waals surface area contributed by atoms with Crippen LogP contribution >= 0.6 is 0 Å². The summed E-state index contributed by atoms with van der Waals surface area (Å²) < 4.78 is 63.5.